The number of aliphatic hydroxyl groups is 2. The number of carbonyl (C=O) groups is 3. The average Bonchev–Trinajstić information content (AvgIpc) is 3.72. The van der Waals surface area contributed by atoms with Gasteiger partial charge in [0.05, 0.1) is 26.4 Å². The van der Waals surface area contributed by atoms with Gasteiger partial charge in [-0.25, -0.2) is 9.13 Å². The van der Waals surface area contributed by atoms with Crippen LogP contribution in [0.5, 0.6) is 0 Å². The van der Waals surface area contributed by atoms with Gasteiger partial charge in [-0.2, -0.15) is 0 Å². The second-order valence-corrected chi connectivity index (χ2v) is 24.8. The summed E-state index contributed by atoms with van der Waals surface area (Å²) in [6.45, 7) is 2.32. The van der Waals surface area contributed by atoms with Gasteiger partial charge in [0.2, 0.25) is 0 Å². The molecule has 0 fully saturated rings. The fraction of sp³-hybridized carbons (Fsp3) is 0.648. The zero-order chi connectivity index (χ0) is 65.3. The maximum Gasteiger partial charge on any atom is 0.472 e. The Balaban J connectivity index is 4.68. The van der Waals surface area contributed by atoms with Gasteiger partial charge in [-0.05, 0) is 109 Å². The molecule has 0 aliphatic rings. The molecule has 0 bridgehead atoms. The number of phosphoric ester groups is 2. The second kappa shape index (κ2) is 63.8. The fourth-order valence-electron chi connectivity index (χ4n) is 8.31. The van der Waals surface area contributed by atoms with Crippen molar-refractivity contribution in [3.63, 3.8) is 0 Å². The predicted octanol–water partition coefficient (Wildman–Crippen LogP) is 18.4. The largest absolute Gasteiger partial charge is 0.472 e. The van der Waals surface area contributed by atoms with E-state index in [9.17, 15) is 43.5 Å². The summed E-state index contributed by atoms with van der Waals surface area (Å²) in [6.07, 6.45) is 73.7. The number of rotatable bonds is 62. The first-order valence-electron chi connectivity index (χ1n) is 33.5. The first kappa shape index (κ1) is 84.7. The summed E-state index contributed by atoms with van der Waals surface area (Å²) in [5.41, 5.74) is 0. The highest BCUT2D eigenvalue weighted by atomic mass is 31.2. The van der Waals surface area contributed by atoms with E-state index in [0.717, 1.165) is 122 Å². The molecule has 5 unspecified atom stereocenters. The van der Waals surface area contributed by atoms with Crippen molar-refractivity contribution in [3.05, 3.63) is 134 Å². The minimum absolute atomic E-state index is 0.0899. The summed E-state index contributed by atoms with van der Waals surface area (Å²) in [6, 6.07) is 0. The number of allylic oxidation sites excluding steroid dienone is 22. The van der Waals surface area contributed by atoms with Gasteiger partial charge in [-0.1, -0.05) is 244 Å². The van der Waals surface area contributed by atoms with E-state index in [2.05, 4.69) is 142 Å². The molecule has 0 aromatic carbocycles. The molecule has 0 rings (SSSR count). The lowest BCUT2D eigenvalue weighted by Crippen LogP contribution is -2.30. The highest BCUT2D eigenvalue weighted by Crippen LogP contribution is 2.45. The topological polar surface area (TPSA) is 231 Å². The van der Waals surface area contributed by atoms with Gasteiger partial charge in [0.25, 0.3) is 0 Å². The Labute approximate surface area is 537 Å². The van der Waals surface area contributed by atoms with Crippen LogP contribution in [0.1, 0.15) is 239 Å². The summed E-state index contributed by atoms with van der Waals surface area (Å²) in [7, 11) is -9.80. The molecule has 0 aliphatic heterocycles. The van der Waals surface area contributed by atoms with Crippen LogP contribution >= 0.6 is 15.6 Å². The molecule has 508 valence electrons. The van der Waals surface area contributed by atoms with Crippen molar-refractivity contribution in [2.75, 3.05) is 39.6 Å². The lowest BCUT2D eigenvalue weighted by Gasteiger charge is -2.21. The van der Waals surface area contributed by atoms with Crippen molar-refractivity contribution in [2.24, 2.45) is 0 Å². The second-order valence-electron chi connectivity index (χ2n) is 21.9. The molecule has 5 atom stereocenters. The molecule has 0 saturated carbocycles. The Morgan fingerprint density at radius 1 is 0.326 bits per heavy atom. The van der Waals surface area contributed by atoms with Gasteiger partial charge in [0.15, 0.2) is 6.10 Å². The molecule has 16 nitrogen and oxygen atoms in total. The lowest BCUT2D eigenvalue weighted by atomic mass is 10.0. The summed E-state index contributed by atoms with van der Waals surface area (Å²) in [4.78, 5) is 58.3. The van der Waals surface area contributed by atoms with E-state index < -0.39 is 91.5 Å². The van der Waals surface area contributed by atoms with E-state index >= 15 is 0 Å². The van der Waals surface area contributed by atoms with Crippen molar-refractivity contribution < 1.29 is 75.8 Å². The number of hydrogen-bond acceptors (Lipinski definition) is 14. The number of phosphoric acid groups is 2. The quantitative estimate of drug-likeness (QED) is 0.0146. The first-order valence-corrected chi connectivity index (χ1v) is 36.5. The lowest BCUT2D eigenvalue weighted by molar-refractivity contribution is -0.161. The Morgan fingerprint density at radius 2 is 0.607 bits per heavy atom. The maximum atomic E-state index is 12.9. The van der Waals surface area contributed by atoms with Crippen LogP contribution in [-0.4, -0.2) is 95.9 Å². The Bertz CT molecular complexity index is 2160. The highest BCUT2D eigenvalue weighted by Gasteiger charge is 2.29. The number of esters is 3. The normalized spacial score (nSPS) is 15.1. The molecule has 0 aliphatic carbocycles. The third-order valence-electron chi connectivity index (χ3n) is 13.4. The van der Waals surface area contributed by atoms with Gasteiger partial charge in [-0.15, -0.1) is 0 Å². The van der Waals surface area contributed by atoms with Gasteiger partial charge in [0, 0.05) is 19.3 Å². The van der Waals surface area contributed by atoms with Gasteiger partial charge in [-0.3, -0.25) is 32.5 Å². The summed E-state index contributed by atoms with van der Waals surface area (Å²) in [5, 5.41) is 20.5. The molecule has 0 spiro atoms. The van der Waals surface area contributed by atoms with Crippen LogP contribution in [0.2, 0.25) is 0 Å². The molecule has 89 heavy (non-hydrogen) atoms. The van der Waals surface area contributed by atoms with Crippen LogP contribution in [0, 0.1) is 0 Å². The number of unbranched alkanes of at least 4 members (excludes halogenated alkanes) is 17. The SMILES string of the molecule is CC/C=C\C/C=C\C/C=C\C/C=C\C/C=C\C/C=C\CCCCCCC(=O)OCC(O)COP(=O)(O)OCC(O)COP(=O)(O)OCC(COC(=O)CCC/C=C\C/C=C\C/C=C\C/C=C\C/C=C\CC)OC(=O)CCCCCCCCCCCCCCC. The van der Waals surface area contributed by atoms with E-state index in [0.29, 0.717) is 25.7 Å². The van der Waals surface area contributed by atoms with Gasteiger partial charge >= 0.3 is 33.6 Å². The molecule has 4 N–H and O–H groups in total. The smallest absolute Gasteiger partial charge is 0.463 e. The van der Waals surface area contributed by atoms with Crippen molar-refractivity contribution in [1.29, 1.82) is 0 Å². The first-order chi connectivity index (χ1) is 43.2. The van der Waals surface area contributed by atoms with E-state index in [1.54, 1.807) is 0 Å². The van der Waals surface area contributed by atoms with Crippen molar-refractivity contribution in [2.45, 2.75) is 257 Å². The van der Waals surface area contributed by atoms with E-state index in [4.69, 9.17) is 32.3 Å². The molecule has 0 radical (unpaired) electrons. The van der Waals surface area contributed by atoms with Crippen LogP contribution in [-0.2, 0) is 55.8 Å². The molecular formula is C71H118O16P2. The van der Waals surface area contributed by atoms with Crippen LogP contribution in [0.25, 0.3) is 0 Å². The molecular weight excluding hydrogens is 1170 g/mol. The zero-order valence-corrected chi connectivity index (χ0v) is 56.6. The molecule has 0 saturated heterocycles. The fourth-order valence-corrected chi connectivity index (χ4v) is 9.90. The Morgan fingerprint density at radius 3 is 0.989 bits per heavy atom. The molecule has 0 aromatic heterocycles. The van der Waals surface area contributed by atoms with Gasteiger partial charge in [0.1, 0.15) is 25.4 Å². The Kier molecular flexibility index (Phi) is 60.7. The van der Waals surface area contributed by atoms with E-state index in [1.165, 1.54) is 51.4 Å². The summed E-state index contributed by atoms with van der Waals surface area (Å²) < 4.78 is 60.7. The minimum atomic E-state index is -4.94. The highest BCUT2D eigenvalue weighted by molar-refractivity contribution is 7.47. The summed E-state index contributed by atoms with van der Waals surface area (Å²) in [5.74, 6) is -1.67. The number of carbonyl (C=O) groups excluding carboxylic acids is 3. The van der Waals surface area contributed by atoms with E-state index in [-0.39, 0.29) is 19.3 Å². The zero-order valence-electron chi connectivity index (χ0n) is 54.8. The molecule has 0 aromatic rings. The van der Waals surface area contributed by atoms with Crippen LogP contribution in [0.3, 0.4) is 0 Å². The van der Waals surface area contributed by atoms with Gasteiger partial charge < -0.3 is 34.2 Å². The standard InChI is InChI=1S/C71H118O16P2/c1-4-7-10-13-16-19-22-25-27-29-30-31-32-33-34-36-38-40-42-45-48-51-54-57-69(74)81-60-66(72)61-83-88(77,78)84-62-67(73)63-85-89(79,80)86-65-68(87-71(76)59-56-53-50-47-44-39-24-21-18-15-12-9-6-3)64-82-70(75)58-55-52-49-46-43-41-37-35-28-26-23-20-17-14-11-8-5-2/h7-8,10-11,16-17,19-20,25-28,30-31,33-34,37-38,40-41,46,49,66-68,72-73H,4-6,9,12-15,18,21-24,29,32,35-36,39,42-45,47-48,50-65H2,1-3H3,(H,77,78)(H,79,80)/b10-7-,11-8-,19-16-,20-17-,27-25-,28-26-,31-30-,34-33-,40-38-,41-37-,49-46-. The molecule has 0 amide bonds. The summed E-state index contributed by atoms with van der Waals surface area (Å²) >= 11 is 0. The van der Waals surface area contributed by atoms with Crippen molar-refractivity contribution >= 4 is 33.6 Å². The minimum Gasteiger partial charge on any atom is -0.463 e. The third kappa shape index (κ3) is 65.0. The molecule has 18 heteroatoms. The van der Waals surface area contributed by atoms with E-state index in [1.807, 2.05) is 12.2 Å². The number of hydrogen-bond donors (Lipinski definition) is 4. The number of aliphatic hydroxyl groups excluding tert-OH is 2. The average molecular weight is 1290 g/mol. The maximum absolute atomic E-state index is 12.9. The van der Waals surface area contributed by atoms with Crippen molar-refractivity contribution in [3.8, 4) is 0 Å². The van der Waals surface area contributed by atoms with Crippen LogP contribution < -0.4 is 0 Å². The number of ether oxygens (including phenoxy) is 3. The van der Waals surface area contributed by atoms with Crippen molar-refractivity contribution in [1.82, 2.24) is 0 Å². The van der Waals surface area contributed by atoms with Crippen LogP contribution in [0.15, 0.2) is 134 Å². The Hall–Kier alpha value is -4.31. The predicted molar refractivity (Wildman–Crippen MR) is 362 cm³/mol. The third-order valence-corrected chi connectivity index (χ3v) is 15.3. The molecule has 0 heterocycles. The monoisotopic (exact) mass is 1290 g/mol. The van der Waals surface area contributed by atoms with Crippen LogP contribution in [0.4, 0.5) is 0 Å².